The fourth-order valence-electron chi connectivity index (χ4n) is 2.49. The molecule has 0 spiro atoms. The summed E-state index contributed by atoms with van der Waals surface area (Å²) >= 11 is 0. The molecule has 23 heavy (non-hydrogen) atoms. The summed E-state index contributed by atoms with van der Waals surface area (Å²) < 4.78 is 10.4. The van der Waals surface area contributed by atoms with Gasteiger partial charge in [0.1, 0.15) is 11.8 Å². The average Bonchev–Trinajstić information content (AvgIpc) is 3.14. The van der Waals surface area contributed by atoms with Crippen LogP contribution in [0.4, 0.5) is 5.82 Å². The Balaban J connectivity index is 1.79. The molecular formula is C17H19N3O3. The maximum atomic E-state index is 12.7. The van der Waals surface area contributed by atoms with Crippen LogP contribution < -0.4 is 10.6 Å². The lowest BCUT2D eigenvalue weighted by Crippen LogP contribution is -2.40. The Morgan fingerprint density at radius 2 is 2.17 bits per heavy atom. The number of rotatable bonds is 5. The van der Waals surface area contributed by atoms with Crippen LogP contribution >= 0.6 is 0 Å². The molecule has 2 unspecified atom stereocenters. The van der Waals surface area contributed by atoms with Gasteiger partial charge in [-0.2, -0.15) is 0 Å². The molecule has 3 rings (SSSR count). The van der Waals surface area contributed by atoms with Crippen LogP contribution in [0.5, 0.6) is 0 Å². The zero-order valence-corrected chi connectivity index (χ0v) is 12.9. The monoisotopic (exact) mass is 313 g/mol. The van der Waals surface area contributed by atoms with Gasteiger partial charge in [-0.3, -0.25) is 10.1 Å². The largest absolute Gasteiger partial charge is 0.375 e. The molecule has 1 aliphatic heterocycles. The number of ether oxygens (including phenoxy) is 1. The molecule has 1 aromatic carbocycles. The van der Waals surface area contributed by atoms with E-state index < -0.39 is 6.04 Å². The van der Waals surface area contributed by atoms with Crippen molar-refractivity contribution in [2.75, 3.05) is 18.5 Å². The van der Waals surface area contributed by atoms with Gasteiger partial charge in [0.05, 0.1) is 19.3 Å². The van der Waals surface area contributed by atoms with Gasteiger partial charge in [-0.05, 0) is 18.1 Å². The number of benzene rings is 1. The first-order valence-electron chi connectivity index (χ1n) is 7.44. The number of anilines is 1. The molecule has 1 fully saturated rings. The molecule has 0 saturated carbocycles. The third-order valence-electron chi connectivity index (χ3n) is 3.71. The van der Waals surface area contributed by atoms with Gasteiger partial charge >= 0.3 is 0 Å². The lowest BCUT2D eigenvalue weighted by atomic mass is 10.0. The normalized spacial score (nSPS) is 18.8. The molecule has 6 heteroatoms. The highest BCUT2D eigenvalue weighted by Gasteiger charge is 2.28. The Bertz CT molecular complexity index is 696. The van der Waals surface area contributed by atoms with Crippen molar-refractivity contribution in [3.63, 3.8) is 0 Å². The van der Waals surface area contributed by atoms with E-state index in [1.54, 1.807) is 13.0 Å². The maximum absolute atomic E-state index is 12.7. The standard InChI is InChI=1S/C17H19N3O3/c1-11-9-22-10-14(11)18-16(13-6-4-3-5-7-13)17(21)19-15-8-12(2)23-20-15/h3-8,14,16,18H,1,9-10H2,2H3,(H,19,20,21). The second-order valence-electron chi connectivity index (χ2n) is 5.55. The summed E-state index contributed by atoms with van der Waals surface area (Å²) in [6.07, 6.45) is 0. The quantitative estimate of drug-likeness (QED) is 0.828. The van der Waals surface area contributed by atoms with Crippen molar-refractivity contribution >= 4 is 11.7 Å². The highest BCUT2D eigenvalue weighted by molar-refractivity contribution is 5.94. The molecule has 1 amide bonds. The SMILES string of the molecule is C=C1COCC1NC(C(=O)Nc1cc(C)on1)c1ccccc1. The predicted octanol–water partition coefficient (Wildman–Crippen LogP) is 2.21. The molecule has 0 bridgehead atoms. The molecular weight excluding hydrogens is 294 g/mol. The Morgan fingerprint density at radius 1 is 1.39 bits per heavy atom. The Hall–Kier alpha value is -2.44. The zero-order chi connectivity index (χ0) is 16.2. The molecule has 2 heterocycles. The number of carbonyl (C=O) groups excluding carboxylic acids is 1. The summed E-state index contributed by atoms with van der Waals surface area (Å²) in [6.45, 7) is 6.79. The van der Waals surface area contributed by atoms with Crippen molar-refractivity contribution in [3.05, 3.63) is 59.9 Å². The molecule has 2 aromatic rings. The number of carbonyl (C=O) groups is 1. The van der Waals surface area contributed by atoms with Crippen LogP contribution in [0, 0.1) is 6.92 Å². The summed E-state index contributed by atoms with van der Waals surface area (Å²) in [6, 6.07) is 10.6. The molecule has 1 saturated heterocycles. The Labute approximate surface area is 134 Å². The summed E-state index contributed by atoms with van der Waals surface area (Å²) in [5.74, 6) is 0.836. The minimum absolute atomic E-state index is 0.0509. The highest BCUT2D eigenvalue weighted by Crippen LogP contribution is 2.20. The van der Waals surface area contributed by atoms with Gasteiger partial charge in [0.2, 0.25) is 5.91 Å². The molecule has 0 aliphatic carbocycles. The van der Waals surface area contributed by atoms with E-state index >= 15 is 0 Å². The van der Waals surface area contributed by atoms with Crippen LogP contribution in [0.25, 0.3) is 0 Å². The van der Waals surface area contributed by atoms with Gasteiger partial charge in [0, 0.05) is 6.07 Å². The molecule has 1 aliphatic rings. The second-order valence-corrected chi connectivity index (χ2v) is 5.55. The molecule has 120 valence electrons. The van der Waals surface area contributed by atoms with E-state index in [4.69, 9.17) is 9.26 Å². The lowest BCUT2D eigenvalue weighted by molar-refractivity contribution is -0.118. The molecule has 6 nitrogen and oxygen atoms in total. The minimum atomic E-state index is -0.531. The van der Waals surface area contributed by atoms with E-state index in [-0.39, 0.29) is 11.9 Å². The van der Waals surface area contributed by atoms with Gasteiger partial charge in [-0.15, -0.1) is 0 Å². The smallest absolute Gasteiger partial charge is 0.247 e. The summed E-state index contributed by atoms with van der Waals surface area (Å²) in [4.78, 5) is 12.7. The van der Waals surface area contributed by atoms with Crippen molar-refractivity contribution in [1.82, 2.24) is 10.5 Å². The van der Waals surface area contributed by atoms with Crippen LogP contribution in [0.3, 0.4) is 0 Å². The van der Waals surface area contributed by atoms with Crippen LogP contribution in [0.1, 0.15) is 17.4 Å². The average molecular weight is 313 g/mol. The number of aromatic nitrogens is 1. The molecule has 0 radical (unpaired) electrons. The van der Waals surface area contributed by atoms with Crippen molar-refractivity contribution in [1.29, 1.82) is 0 Å². The van der Waals surface area contributed by atoms with E-state index in [0.717, 1.165) is 11.1 Å². The number of nitrogens with zero attached hydrogens (tertiary/aromatic N) is 1. The lowest BCUT2D eigenvalue weighted by Gasteiger charge is -2.22. The van der Waals surface area contributed by atoms with Crippen LogP contribution in [-0.2, 0) is 9.53 Å². The first-order chi connectivity index (χ1) is 11.1. The van der Waals surface area contributed by atoms with Crippen LogP contribution in [-0.4, -0.2) is 30.3 Å². The second kappa shape index (κ2) is 6.76. The van der Waals surface area contributed by atoms with Crippen molar-refractivity contribution in [3.8, 4) is 0 Å². The molecule has 2 N–H and O–H groups in total. The van der Waals surface area contributed by atoms with Crippen LogP contribution in [0.2, 0.25) is 0 Å². The first-order valence-corrected chi connectivity index (χ1v) is 7.44. The fraction of sp³-hybridized carbons (Fsp3) is 0.294. The van der Waals surface area contributed by atoms with Gasteiger partial charge < -0.3 is 14.6 Å². The maximum Gasteiger partial charge on any atom is 0.247 e. The number of hydrogen-bond donors (Lipinski definition) is 2. The molecule has 2 atom stereocenters. The summed E-state index contributed by atoms with van der Waals surface area (Å²) in [7, 11) is 0. The highest BCUT2D eigenvalue weighted by atomic mass is 16.5. The Morgan fingerprint density at radius 3 is 2.78 bits per heavy atom. The number of hydrogen-bond acceptors (Lipinski definition) is 5. The first kappa shape index (κ1) is 15.5. The predicted molar refractivity (Wildman–Crippen MR) is 85.9 cm³/mol. The number of nitrogens with one attached hydrogen (secondary N) is 2. The zero-order valence-electron chi connectivity index (χ0n) is 12.9. The summed E-state index contributed by atoms with van der Waals surface area (Å²) in [5, 5.41) is 9.89. The topological polar surface area (TPSA) is 76.4 Å². The van der Waals surface area contributed by atoms with Gasteiger partial charge in [-0.1, -0.05) is 42.1 Å². The van der Waals surface area contributed by atoms with Crippen molar-refractivity contribution < 1.29 is 14.1 Å². The van der Waals surface area contributed by atoms with Crippen molar-refractivity contribution in [2.45, 2.75) is 19.0 Å². The van der Waals surface area contributed by atoms with Gasteiger partial charge in [-0.25, -0.2) is 0 Å². The third-order valence-corrected chi connectivity index (χ3v) is 3.71. The third kappa shape index (κ3) is 3.67. The van der Waals surface area contributed by atoms with E-state index in [1.807, 2.05) is 30.3 Å². The van der Waals surface area contributed by atoms with Gasteiger partial charge in [0.25, 0.3) is 0 Å². The Kier molecular flexibility index (Phi) is 4.55. The van der Waals surface area contributed by atoms with Crippen molar-refractivity contribution in [2.24, 2.45) is 0 Å². The van der Waals surface area contributed by atoms with E-state index in [2.05, 4.69) is 22.4 Å². The summed E-state index contributed by atoms with van der Waals surface area (Å²) in [5.41, 5.74) is 1.81. The molecule has 1 aromatic heterocycles. The minimum Gasteiger partial charge on any atom is -0.375 e. The van der Waals surface area contributed by atoms with E-state index in [0.29, 0.717) is 24.8 Å². The fourth-order valence-corrected chi connectivity index (χ4v) is 2.49. The number of aryl methyl sites for hydroxylation is 1. The van der Waals surface area contributed by atoms with E-state index in [9.17, 15) is 4.79 Å². The van der Waals surface area contributed by atoms with Gasteiger partial charge in [0.15, 0.2) is 5.82 Å². The number of amides is 1. The van der Waals surface area contributed by atoms with Crippen LogP contribution in [0.15, 0.2) is 53.1 Å². The van der Waals surface area contributed by atoms with E-state index in [1.165, 1.54) is 0 Å².